The second kappa shape index (κ2) is 8.29. The van der Waals surface area contributed by atoms with Gasteiger partial charge in [-0.2, -0.15) is 0 Å². The molecule has 0 unspecified atom stereocenters. The topological polar surface area (TPSA) is 16.1 Å². The lowest BCUT2D eigenvalue weighted by molar-refractivity contribution is 0.295. The van der Waals surface area contributed by atoms with Crippen molar-refractivity contribution in [1.82, 2.24) is 9.88 Å². The standard InChI is InChI=1S/C24H26N2/c1-2-9-21(10-3-1)22-13-16-26(17-14-22)15-7-6-8-20-18-23-11-4-5-12-24(23)25-19-20/h1-5,9-13,18-19H,6-8,14-17H2. The fraction of sp³-hybridized carbons (Fsp3) is 0.292. The van der Waals surface area contributed by atoms with Crippen molar-refractivity contribution in [2.24, 2.45) is 0 Å². The predicted molar refractivity (Wildman–Crippen MR) is 110 cm³/mol. The van der Waals surface area contributed by atoms with Gasteiger partial charge in [-0.05, 0) is 61.1 Å². The Labute approximate surface area is 156 Å². The molecule has 0 N–H and O–H groups in total. The maximum atomic E-state index is 4.57. The van der Waals surface area contributed by atoms with Crippen LogP contribution in [0.25, 0.3) is 16.5 Å². The maximum Gasteiger partial charge on any atom is 0.0702 e. The zero-order chi connectivity index (χ0) is 17.6. The first-order valence-electron chi connectivity index (χ1n) is 9.69. The number of para-hydroxylation sites is 1. The van der Waals surface area contributed by atoms with Crippen molar-refractivity contribution in [1.29, 1.82) is 0 Å². The Morgan fingerprint density at radius 1 is 0.923 bits per heavy atom. The van der Waals surface area contributed by atoms with Crippen molar-refractivity contribution in [3.63, 3.8) is 0 Å². The minimum atomic E-state index is 1.09. The average molecular weight is 342 g/mol. The number of nitrogens with zero attached hydrogens (tertiary/aromatic N) is 2. The number of hydrogen-bond acceptors (Lipinski definition) is 2. The van der Waals surface area contributed by atoms with Gasteiger partial charge in [0, 0.05) is 24.7 Å². The summed E-state index contributed by atoms with van der Waals surface area (Å²) in [6.07, 6.45) is 9.21. The molecule has 0 fully saturated rings. The van der Waals surface area contributed by atoms with E-state index in [-0.39, 0.29) is 0 Å². The molecule has 1 aliphatic rings. The van der Waals surface area contributed by atoms with Crippen molar-refractivity contribution in [2.45, 2.75) is 25.7 Å². The molecule has 0 radical (unpaired) electrons. The van der Waals surface area contributed by atoms with E-state index < -0.39 is 0 Å². The quantitative estimate of drug-likeness (QED) is 0.562. The highest BCUT2D eigenvalue weighted by atomic mass is 15.1. The first-order chi connectivity index (χ1) is 12.9. The molecule has 132 valence electrons. The van der Waals surface area contributed by atoms with Crippen molar-refractivity contribution < 1.29 is 0 Å². The van der Waals surface area contributed by atoms with E-state index >= 15 is 0 Å². The van der Waals surface area contributed by atoms with Crippen molar-refractivity contribution in [3.8, 4) is 0 Å². The van der Waals surface area contributed by atoms with E-state index in [0.29, 0.717) is 0 Å². The molecule has 0 aliphatic carbocycles. The molecule has 0 amide bonds. The third-order valence-corrected chi connectivity index (χ3v) is 5.27. The Balaban J connectivity index is 1.23. The van der Waals surface area contributed by atoms with Crippen molar-refractivity contribution in [3.05, 3.63) is 84.1 Å². The Morgan fingerprint density at radius 2 is 1.77 bits per heavy atom. The third-order valence-electron chi connectivity index (χ3n) is 5.27. The van der Waals surface area contributed by atoms with Gasteiger partial charge in [-0.3, -0.25) is 9.88 Å². The number of pyridine rings is 1. The highest BCUT2D eigenvalue weighted by Crippen LogP contribution is 2.22. The van der Waals surface area contributed by atoms with Crippen LogP contribution in [0.3, 0.4) is 0 Å². The molecule has 2 heterocycles. The first kappa shape index (κ1) is 17.0. The van der Waals surface area contributed by atoms with E-state index in [1.165, 1.54) is 54.4 Å². The predicted octanol–water partition coefficient (Wildman–Crippen LogP) is 5.35. The van der Waals surface area contributed by atoms with Crippen molar-refractivity contribution in [2.75, 3.05) is 19.6 Å². The summed E-state index contributed by atoms with van der Waals surface area (Å²) < 4.78 is 0. The molecule has 26 heavy (non-hydrogen) atoms. The van der Waals surface area contributed by atoms with Crippen LogP contribution in [-0.2, 0) is 6.42 Å². The molecular formula is C24H26N2. The third kappa shape index (κ3) is 4.20. The molecule has 3 aromatic rings. The molecule has 0 saturated carbocycles. The Hall–Kier alpha value is -2.45. The summed E-state index contributed by atoms with van der Waals surface area (Å²) in [6, 6.07) is 21.4. The number of fused-ring (bicyclic) bond motifs is 1. The van der Waals surface area contributed by atoms with Gasteiger partial charge in [-0.25, -0.2) is 0 Å². The second-order valence-corrected chi connectivity index (χ2v) is 7.14. The van der Waals surface area contributed by atoms with E-state index in [0.717, 1.165) is 18.5 Å². The molecule has 2 aromatic carbocycles. The highest BCUT2D eigenvalue weighted by Gasteiger charge is 2.12. The van der Waals surface area contributed by atoms with Gasteiger partial charge in [0.1, 0.15) is 0 Å². The van der Waals surface area contributed by atoms with Crippen LogP contribution in [0.2, 0.25) is 0 Å². The van der Waals surface area contributed by atoms with Crippen LogP contribution in [-0.4, -0.2) is 29.5 Å². The molecule has 0 bridgehead atoms. The van der Waals surface area contributed by atoms with Gasteiger partial charge in [0.15, 0.2) is 0 Å². The van der Waals surface area contributed by atoms with E-state index in [1.54, 1.807) is 0 Å². The van der Waals surface area contributed by atoms with Gasteiger partial charge in [-0.1, -0.05) is 54.6 Å². The molecule has 2 heteroatoms. The van der Waals surface area contributed by atoms with Gasteiger partial charge in [0.2, 0.25) is 0 Å². The van der Waals surface area contributed by atoms with Gasteiger partial charge in [0.25, 0.3) is 0 Å². The minimum Gasteiger partial charge on any atom is -0.299 e. The zero-order valence-electron chi connectivity index (χ0n) is 15.3. The van der Waals surface area contributed by atoms with Crippen LogP contribution in [0.15, 0.2) is 72.9 Å². The minimum absolute atomic E-state index is 1.09. The number of rotatable bonds is 6. The summed E-state index contributed by atoms with van der Waals surface area (Å²) in [5.41, 5.74) is 5.33. The van der Waals surface area contributed by atoms with E-state index in [9.17, 15) is 0 Å². The number of unbranched alkanes of at least 4 members (excludes halogenated alkanes) is 1. The van der Waals surface area contributed by atoms with Crippen LogP contribution in [0.4, 0.5) is 0 Å². The summed E-state index contributed by atoms with van der Waals surface area (Å²) in [5, 5.41) is 1.25. The molecule has 0 spiro atoms. The lowest BCUT2D eigenvalue weighted by Gasteiger charge is -2.26. The number of hydrogen-bond donors (Lipinski definition) is 0. The molecule has 0 saturated heterocycles. The summed E-state index contributed by atoms with van der Waals surface area (Å²) in [4.78, 5) is 7.14. The summed E-state index contributed by atoms with van der Waals surface area (Å²) in [6.45, 7) is 3.46. The molecule has 0 atom stereocenters. The van der Waals surface area contributed by atoms with Crippen LogP contribution >= 0.6 is 0 Å². The van der Waals surface area contributed by atoms with Gasteiger partial charge in [0.05, 0.1) is 5.52 Å². The fourth-order valence-electron chi connectivity index (χ4n) is 3.75. The largest absolute Gasteiger partial charge is 0.299 e. The molecule has 1 aliphatic heterocycles. The van der Waals surface area contributed by atoms with Gasteiger partial charge >= 0.3 is 0 Å². The average Bonchev–Trinajstić information content (AvgIpc) is 2.72. The Kier molecular flexibility index (Phi) is 5.41. The maximum absolute atomic E-state index is 4.57. The van der Waals surface area contributed by atoms with Gasteiger partial charge < -0.3 is 0 Å². The smallest absolute Gasteiger partial charge is 0.0702 e. The summed E-state index contributed by atoms with van der Waals surface area (Å²) >= 11 is 0. The molecule has 1 aromatic heterocycles. The second-order valence-electron chi connectivity index (χ2n) is 7.14. The van der Waals surface area contributed by atoms with Crippen LogP contribution in [0.1, 0.15) is 30.4 Å². The zero-order valence-corrected chi connectivity index (χ0v) is 15.3. The Morgan fingerprint density at radius 3 is 2.62 bits per heavy atom. The number of benzene rings is 2. The Bertz CT molecular complexity index is 883. The summed E-state index contributed by atoms with van der Waals surface area (Å²) in [7, 11) is 0. The lowest BCUT2D eigenvalue weighted by Crippen LogP contribution is -2.29. The normalized spacial score (nSPS) is 15.2. The molecule has 2 nitrogen and oxygen atoms in total. The van der Waals surface area contributed by atoms with E-state index in [1.807, 2.05) is 12.3 Å². The SMILES string of the molecule is C1=C(c2ccccc2)CCN(CCCCc2cnc3ccccc3c2)C1. The molecule has 4 rings (SSSR count). The highest BCUT2D eigenvalue weighted by molar-refractivity contribution is 5.78. The molecular weight excluding hydrogens is 316 g/mol. The van der Waals surface area contributed by atoms with Crippen LogP contribution < -0.4 is 0 Å². The number of aryl methyl sites for hydroxylation is 1. The van der Waals surface area contributed by atoms with Crippen LogP contribution in [0, 0.1) is 0 Å². The lowest BCUT2D eigenvalue weighted by atomic mass is 9.99. The van der Waals surface area contributed by atoms with E-state index in [2.05, 4.69) is 70.6 Å². The fourth-order valence-corrected chi connectivity index (χ4v) is 3.75. The first-order valence-corrected chi connectivity index (χ1v) is 9.69. The number of aromatic nitrogens is 1. The van der Waals surface area contributed by atoms with Gasteiger partial charge in [-0.15, -0.1) is 0 Å². The monoisotopic (exact) mass is 342 g/mol. The summed E-state index contributed by atoms with van der Waals surface area (Å²) in [5.74, 6) is 0. The van der Waals surface area contributed by atoms with Crippen LogP contribution in [0.5, 0.6) is 0 Å². The van der Waals surface area contributed by atoms with Crippen molar-refractivity contribution >= 4 is 16.5 Å². The van der Waals surface area contributed by atoms with E-state index in [4.69, 9.17) is 0 Å².